The monoisotopic (exact) mass is 1000 g/mol. The number of aromatic nitrogens is 5. The summed E-state index contributed by atoms with van der Waals surface area (Å²) in [5.41, 5.74) is 13.8. The Morgan fingerprint density at radius 3 is 1.74 bits per heavy atom. The molecule has 0 radical (unpaired) electrons. The molecular weight excluding hydrogens is 956 g/mol. The van der Waals surface area contributed by atoms with Gasteiger partial charge in [-0.25, -0.2) is 0 Å². The van der Waals surface area contributed by atoms with E-state index in [9.17, 15) is 0 Å². The zero-order valence-corrected chi connectivity index (χ0v) is 42.1. The Hall–Kier alpha value is -6.18. The number of aryl methyl sites for hydroxylation is 2. The highest BCUT2D eigenvalue weighted by Gasteiger charge is 2.10. The largest absolute Gasteiger partial charge is 0.256 e. The summed E-state index contributed by atoms with van der Waals surface area (Å²) in [5.74, 6) is 2.02. The van der Waals surface area contributed by atoms with E-state index in [1.165, 1.54) is 21.9 Å². The molecule has 0 saturated heterocycles. The molecule has 0 bridgehead atoms. The topological polar surface area (TPSA) is 64.5 Å². The molecule has 5 heterocycles. The molecule has 1 atom stereocenters. The van der Waals surface area contributed by atoms with Crippen LogP contribution in [-0.4, -0.2) is 24.9 Å². The van der Waals surface area contributed by atoms with Crippen molar-refractivity contribution < 1.29 is 0 Å². The lowest BCUT2D eigenvalue weighted by Crippen LogP contribution is -1.98. The van der Waals surface area contributed by atoms with Crippen LogP contribution >= 0.6 is 58.0 Å². The van der Waals surface area contributed by atoms with E-state index >= 15 is 0 Å². The van der Waals surface area contributed by atoms with Crippen LogP contribution in [0, 0.1) is 13.8 Å². The molecule has 0 fully saturated rings. The van der Waals surface area contributed by atoms with Gasteiger partial charge in [0, 0.05) is 63.2 Å². The molecule has 1 unspecified atom stereocenters. The Labute approximate surface area is 429 Å². The second kappa shape index (κ2) is 26.0. The number of pyridine rings is 5. The van der Waals surface area contributed by atoms with Crippen LogP contribution in [0.3, 0.4) is 0 Å². The smallest absolute Gasteiger partial charge is 0.0708 e. The van der Waals surface area contributed by atoms with Gasteiger partial charge in [-0.2, -0.15) is 0 Å². The van der Waals surface area contributed by atoms with E-state index in [1.807, 2.05) is 134 Å². The second-order valence-corrected chi connectivity index (χ2v) is 17.7. The summed E-state index contributed by atoms with van der Waals surface area (Å²) in [4.78, 5) is 22.0. The quantitative estimate of drug-likeness (QED) is 0.149. The third-order valence-electron chi connectivity index (χ3n) is 11.0. The number of nitrogens with zero attached hydrogens (tertiary/aromatic N) is 5. The van der Waals surface area contributed by atoms with Crippen LogP contribution in [0.2, 0.25) is 0 Å². The predicted octanol–water partition coefficient (Wildman–Crippen LogP) is 17.3. The van der Waals surface area contributed by atoms with Crippen molar-refractivity contribution >= 4 is 113 Å². The highest BCUT2D eigenvalue weighted by Crippen LogP contribution is 2.25. The lowest BCUT2D eigenvalue weighted by atomic mass is 10.1. The van der Waals surface area contributed by atoms with E-state index in [-0.39, 0.29) is 5.38 Å². The van der Waals surface area contributed by atoms with Crippen molar-refractivity contribution in [2.24, 2.45) is 0 Å². The van der Waals surface area contributed by atoms with Gasteiger partial charge in [-0.3, -0.25) is 24.9 Å². The van der Waals surface area contributed by atoms with Gasteiger partial charge in [0.25, 0.3) is 0 Å². The van der Waals surface area contributed by atoms with Gasteiger partial charge in [0.1, 0.15) is 0 Å². The summed E-state index contributed by atoms with van der Waals surface area (Å²) >= 11 is 29.4. The maximum Gasteiger partial charge on any atom is 0.0708 e. The average molecular weight is 1010 g/mol. The van der Waals surface area contributed by atoms with Gasteiger partial charge in [0.15, 0.2) is 0 Å². The Morgan fingerprint density at radius 1 is 0.420 bits per heavy atom. The van der Waals surface area contributed by atoms with Crippen molar-refractivity contribution in [2.75, 3.05) is 0 Å². The van der Waals surface area contributed by atoms with Gasteiger partial charge < -0.3 is 0 Å². The number of benzene rings is 6. The van der Waals surface area contributed by atoms with E-state index in [0.717, 1.165) is 83.9 Å². The highest BCUT2D eigenvalue weighted by atomic mass is 35.5. The number of fused-ring (bicyclic) bond motifs is 5. The Balaban J connectivity index is 0.000000129. The molecular formula is C59H50Cl5N5. The first-order valence-electron chi connectivity index (χ1n) is 22.4. The molecule has 11 rings (SSSR count). The van der Waals surface area contributed by atoms with E-state index in [2.05, 4.69) is 99.4 Å². The van der Waals surface area contributed by atoms with Crippen LogP contribution in [0.5, 0.6) is 0 Å². The molecule has 0 amide bonds. The minimum atomic E-state index is -0.0325. The van der Waals surface area contributed by atoms with Crippen LogP contribution in [0.25, 0.3) is 54.5 Å². The molecule has 69 heavy (non-hydrogen) atoms. The second-order valence-electron chi connectivity index (χ2n) is 16.1. The van der Waals surface area contributed by atoms with Crippen molar-refractivity contribution in [3.05, 3.63) is 245 Å². The molecule has 6 aromatic carbocycles. The van der Waals surface area contributed by atoms with Crippen LogP contribution in [0.4, 0.5) is 0 Å². The molecule has 0 N–H and O–H groups in total. The summed E-state index contributed by atoms with van der Waals surface area (Å²) in [6.45, 7) is 4.16. The molecule has 346 valence electrons. The van der Waals surface area contributed by atoms with Crippen LogP contribution < -0.4 is 0 Å². The molecule has 0 aliphatic rings. The molecule has 5 aromatic heterocycles. The fraction of sp³-hybridized carbons (Fsp3) is 0.136. The minimum absolute atomic E-state index is 0.0325. The third-order valence-corrected chi connectivity index (χ3v) is 12.6. The fourth-order valence-corrected chi connectivity index (χ4v) is 8.46. The first-order chi connectivity index (χ1) is 33.7. The van der Waals surface area contributed by atoms with Crippen molar-refractivity contribution in [1.82, 2.24) is 24.9 Å². The molecule has 0 saturated carbocycles. The Morgan fingerprint density at radius 2 is 1.00 bits per heavy atom. The lowest BCUT2D eigenvalue weighted by molar-refractivity contribution is 0.888. The van der Waals surface area contributed by atoms with Crippen molar-refractivity contribution in [3.63, 3.8) is 0 Å². The lowest BCUT2D eigenvalue weighted by Gasteiger charge is -2.09. The summed E-state index contributed by atoms with van der Waals surface area (Å²) in [5, 5.41) is 5.81. The maximum atomic E-state index is 6.45. The summed E-state index contributed by atoms with van der Waals surface area (Å²) < 4.78 is 0. The van der Waals surface area contributed by atoms with Gasteiger partial charge >= 0.3 is 0 Å². The van der Waals surface area contributed by atoms with Crippen molar-refractivity contribution in [2.45, 2.75) is 49.2 Å². The normalized spacial score (nSPS) is 11.1. The molecule has 0 spiro atoms. The van der Waals surface area contributed by atoms with Gasteiger partial charge in [-0.1, -0.05) is 127 Å². The number of hydrogen-bond acceptors (Lipinski definition) is 5. The number of alkyl halides is 5. The van der Waals surface area contributed by atoms with Crippen LogP contribution in [0.15, 0.2) is 200 Å². The van der Waals surface area contributed by atoms with E-state index in [1.54, 1.807) is 6.20 Å². The highest BCUT2D eigenvalue weighted by molar-refractivity contribution is 6.21. The predicted molar refractivity (Wildman–Crippen MR) is 295 cm³/mol. The Kier molecular flexibility index (Phi) is 19.1. The maximum absolute atomic E-state index is 6.45. The van der Waals surface area contributed by atoms with E-state index in [4.69, 9.17) is 58.0 Å². The molecule has 11 aromatic rings. The summed E-state index contributed by atoms with van der Waals surface area (Å²) in [6.07, 6.45) is 4.35. The van der Waals surface area contributed by atoms with E-state index in [0.29, 0.717) is 23.5 Å². The van der Waals surface area contributed by atoms with Gasteiger partial charge in [-0.15, -0.1) is 58.0 Å². The zero-order chi connectivity index (χ0) is 48.4. The summed E-state index contributed by atoms with van der Waals surface area (Å²) in [6, 6.07) is 62.9. The van der Waals surface area contributed by atoms with Gasteiger partial charge in [0.2, 0.25) is 0 Å². The number of halogens is 5. The van der Waals surface area contributed by atoms with Crippen molar-refractivity contribution in [3.8, 4) is 0 Å². The Bertz CT molecular complexity index is 3380. The standard InChI is InChI=1S/C17H14ClN.2C11H10ClN.2C10H8ClN/c18-16(13-6-2-1-3-7-13)12-15-11-10-14-8-4-5-9-17(14)19-15;1-8-2-5-11-9(6-8)3-4-10(7-12)13-11;1-8-6-9(7-12)13-11-5-3-2-4-10(8)11;11-6-8-5-9-3-1-2-4-10(9)12-7-8;11-7-8-5-6-12-10-4-2-1-3-9(8)10/h1-11,16H,12H2;2*2-6H,7H2,1H3;1-5,7H,6H2;1-6H,7H2. The van der Waals surface area contributed by atoms with Crippen LogP contribution in [-0.2, 0) is 29.9 Å². The fourth-order valence-electron chi connectivity index (χ4n) is 7.50. The first kappa shape index (κ1) is 50.7. The van der Waals surface area contributed by atoms with E-state index < -0.39 is 0 Å². The zero-order valence-electron chi connectivity index (χ0n) is 38.3. The minimum Gasteiger partial charge on any atom is -0.256 e. The number of rotatable bonds is 7. The SMILES string of the molecule is Cc1cc(CCl)nc2ccccc12.Cc1ccc2nc(CCl)ccc2c1.ClC(Cc1ccc2ccccc2n1)c1ccccc1.ClCc1ccnc2ccccc12.ClCc1cnc2ccccc2c1. The number of hydrogen-bond donors (Lipinski definition) is 0. The van der Waals surface area contributed by atoms with Gasteiger partial charge in [-0.05, 0) is 103 Å². The van der Waals surface area contributed by atoms with Crippen LogP contribution in [0.1, 0.15) is 50.3 Å². The molecule has 10 heteroatoms. The number of para-hydroxylation sites is 4. The molecule has 5 nitrogen and oxygen atoms in total. The van der Waals surface area contributed by atoms with Gasteiger partial charge in [0.05, 0.1) is 56.1 Å². The third kappa shape index (κ3) is 14.4. The molecule has 0 aliphatic heterocycles. The van der Waals surface area contributed by atoms with Crippen molar-refractivity contribution in [1.29, 1.82) is 0 Å². The molecule has 0 aliphatic carbocycles. The summed E-state index contributed by atoms with van der Waals surface area (Å²) in [7, 11) is 0. The average Bonchev–Trinajstić information content (AvgIpc) is 3.41. The first-order valence-corrected chi connectivity index (χ1v) is 25.0.